The lowest BCUT2D eigenvalue weighted by atomic mass is 10.1. The van der Waals surface area contributed by atoms with Gasteiger partial charge >= 0.3 is 0 Å². The fourth-order valence-corrected chi connectivity index (χ4v) is 5.04. The highest BCUT2D eigenvalue weighted by molar-refractivity contribution is 6.42. The van der Waals surface area contributed by atoms with Crippen LogP contribution in [-0.2, 0) is 4.74 Å². The molecule has 6 rings (SSSR count). The number of nitrogens with zero attached hydrogens (tertiary/aromatic N) is 4. The number of hydrogen-bond acceptors (Lipinski definition) is 5. The largest absolute Gasteiger partial charge is 0.381 e. The van der Waals surface area contributed by atoms with Gasteiger partial charge in [0.25, 0.3) is 0 Å². The van der Waals surface area contributed by atoms with Gasteiger partial charge < -0.3 is 14.6 Å². The van der Waals surface area contributed by atoms with Gasteiger partial charge in [0.1, 0.15) is 5.82 Å². The lowest BCUT2D eigenvalue weighted by Gasteiger charge is -2.22. The molecule has 0 bridgehead atoms. The van der Waals surface area contributed by atoms with E-state index in [1.807, 2.05) is 41.8 Å². The zero-order valence-corrected chi connectivity index (χ0v) is 22.1. The number of halogens is 3. The van der Waals surface area contributed by atoms with Crippen LogP contribution in [0.2, 0.25) is 10.0 Å². The van der Waals surface area contributed by atoms with Crippen LogP contribution in [-0.4, -0.2) is 33.8 Å². The van der Waals surface area contributed by atoms with E-state index in [9.17, 15) is 4.39 Å². The van der Waals surface area contributed by atoms with E-state index in [0.717, 1.165) is 52.2 Å². The maximum absolute atomic E-state index is 14.3. The Kier molecular flexibility index (Phi) is 6.74. The average molecular weight is 548 g/mol. The van der Waals surface area contributed by atoms with E-state index in [2.05, 4.69) is 10.3 Å². The molecular formula is C29H24Cl2FN5O. The predicted molar refractivity (Wildman–Crippen MR) is 149 cm³/mol. The molecule has 0 unspecified atom stereocenters. The van der Waals surface area contributed by atoms with Crippen LogP contribution >= 0.6 is 23.2 Å². The van der Waals surface area contributed by atoms with Crippen molar-refractivity contribution in [2.75, 3.05) is 18.5 Å². The molecule has 9 heteroatoms. The number of benzene rings is 3. The number of rotatable bonds is 4. The molecule has 1 fully saturated rings. The summed E-state index contributed by atoms with van der Waals surface area (Å²) in [4.78, 5) is 14.4. The molecule has 1 N–H and O–H groups in total. The van der Waals surface area contributed by atoms with E-state index >= 15 is 0 Å². The van der Waals surface area contributed by atoms with Crippen LogP contribution in [0.5, 0.6) is 0 Å². The third-order valence-corrected chi connectivity index (χ3v) is 7.44. The molecule has 2 aliphatic heterocycles. The van der Waals surface area contributed by atoms with E-state index in [0.29, 0.717) is 34.5 Å². The Morgan fingerprint density at radius 3 is 2.63 bits per heavy atom. The first kappa shape index (κ1) is 24.8. The van der Waals surface area contributed by atoms with E-state index in [1.54, 1.807) is 24.4 Å². The summed E-state index contributed by atoms with van der Waals surface area (Å²) >= 11 is 12.6. The summed E-state index contributed by atoms with van der Waals surface area (Å²) < 4.78 is 21.9. The lowest BCUT2D eigenvalue weighted by molar-refractivity contribution is 0.0864. The number of nitrogens with one attached hydrogen (secondary N) is 1. The molecule has 192 valence electrons. The monoisotopic (exact) mass is 547 g/mol. The van der Waals surface area contributed by atoms with Gasteiger partial charge in [-0.1, -0.05) is 23.2 Å². The normalized spacial score (nSPS) is 14.9. The Morgan fingerprint density at radius 2 is 1.84 bits per heavy atom. The zero-order valence-electron chi connectivity index (χ0n) is 20.6. The Labute approximate surface area is 229 Å². The van der Waals surface area contributed by atoms with Crippen LogP contribution in [0.3, 0.4) is 0 Å². The molecule has 1 aromatic heterocycles. The van der Waals surface area contributed by atoms with Gasteiger partial charge in [-0.2, -0.15) is 0 Å². The van der Waals surface area contributed by atoms with Crippen molar-refractivity contribution in [3.8, 4) is 17.1 Å². The molecule has 1 saturated heterocycles. The van der Waals surface area contributed by atoms with Crippen LogP contribution in [0.4, 0.5) is 15.8 Å². The van der Waals surface area contributed by atoms with Gasteiger partial charge in [0, 0.05) is 31.2 Å². The average Bonchev–Trinajstić information content (AvgIpc) is 2.91. The molecule has 0 radical (unpaired) electrons. The number of aryl methyl sites for hydroxylation is 1. The van der Waals surface area contributed by atoms with E-state index in [-0.39, 0.29) is 11.9 Å². The minimum Gasteiger partial charge on any atom is -0.381 e. The minimum absolute atomic E-state index is 0.137. The Morgan fingerprint density at radius 1 is 1.00 bits per heavy atom. The molecule has 3 heterocycles. The topological polar surface area (TPSA) is 64.3 Å². The maximum atomic E-state index is 14.3. The number of pyridine rings is 1. The van der Waals surface area contributed by atoms with Gasteiger partial charge in [-0.25, -0.2) is 9.37 Å². The fraction of sp³-hybridized carbons (Fsp3) is 0.207. The number of aromatic nitrogens is 3. The standard InChI is InChI=1S/C29H24Cl2FN5O/c1-17-23(3-2-10-33-17)35-24-15-27-29(16-25(24)34-19-8-11-38-12-9-19)37(20-5-6-21(30)22(31)14-20)28-7-4-18(32)13-26(28)36-27/h2-7,10,13-16,19,35H,8-9,11-12H2,1H3/b34-25+. The zero-order chi connectivity index (χ0) is 26.2. The number of ether oxygens (including phenoxy) is 1. The molecule has 3 aliphatic rings. The number of anilines is 2. The van der Waals surface area contributed by atoms with Crippen molar-refractivity contribution >= 4 is 45.6 Å². The van der Waals surface area contributed by atoms with Gasteiger partial charge in [-0.05, 0) is 74.4 Å². The van der Waals surface area contributed by atoms with Crippen molar-refractivity contribution in [3.63, 3.8) is 0 Å². The van der Waals surface area contributed by atoms with Crippen LogP contribution < -0.4 is 10.7 Å². The van der Waals surface area contributed by atoms with Crippen LogP contribution in [0.15, 0.2) is 71.9 Å². The molecule has 6 nitrogen and oxygen atoms in total. The van der Waals surface area contributed by atoms with Gasteiger partial charge in [0.2, 0.25) is 0 Å². The summed E-state index contributed by atoms with van der Waals surface area (Å²) in [5, 5.41) is 5.19. The lowest BCUT2D eigenvalue weighted by Crippen LogP contribution is -2.23. The summed E-state index contributed by atoms with van der Waals surface area (Å²) in [6.07, 6.45) is 3.47. The van der Waals surface area contributed by atoms with Gasteiger partial charge in [-0.3, -0.25) is 9.98 Å². The first-order chi connectivity index (χ1) is 18.5. The predicted octanol–water partition coefficient (Wildman–Crippen LogP) is 7.10. The summed E-state index contributed by atoms with van der Waals surface area (Å²) in [7, 11) is 0. The van der Waals surface area contributed by atoms with Crippen molar-refractivity contribution in [3.05, 3.63) is 93.8 Å². The highest BCUT2D eigenvalue weighted by atomic mass is 35.5. The molecular weight excluding hydrogens is 524 g/mol. The summed E-state index contributed by atoms with van der Waals surface area (Å²) in [6.45, 7) is 3.33. The highest BCUT2D eigenvalue weighted by Crippen LogP contribution is 2.33. The van der Waals surface area contributed by atoms with Crippen molar-refractivity contribution < 1.29 is 9.13 Å². The Balaban J connectivity index is 1.65. The first-order valence-electron chi connectivity index (χ1n) is 12.4. The Bertz CT molecular complexity index is 1700. The summed E-state index contributed by atoms with van der Waals surface area (Å²) in [6, 6.07) is 18.0. The highest BCUT2D eigenvalue weighted by Gasteiger charge is 2.19. The van der Waals surface area contributed by atoms with Crippen LogP contribution in [0, 0.1) is 12.7 Å². The van der Waals surface area contributed by atoms with E-state index in [4.69, 9.17) is 37.9 Å². The van der Waals surface area contributed by atoms with E-state index in [1.165, 1.54) is 12.1 Å². The summed E-state index contributed by atoms with van der Waals surface area (Å²) in [5.41, 5.74) is 6.04. The second-order valence-electron chi connectivity index (χ2n) is 9.27. The minimum atomic E-state index is -0.361. The molecule has 0 saturated carbocycles. The molecule has 38 heavy (non-hydrogen) atoms. The van der Waals surface area contributed by atoms with Gasteiger partial charge in [0.15, 0.2) is 0 Å². The number of hydrogen-bond donors (Lipinski definition) is 1. The first-order valence-corrected chi connectivity index (χ1v) is 13.1. The van der Waals surface area contributed by atoms with Crippen LogP contribution in [0.1, 0.15) is 18.5 Å². The molecule has 1 aliphatic carbocycles. The van der Waals surface area contributed by atoms with Crippen LogP contribution in [0.25, 0.3) is 28.1 Å². The molecule has 3 aromatic rings. The molecule has 0 atom stereocenters. The van der Waals surface area contributed by atoms with Crippen molar-refractivity contribution in [1.29, 1.82) is 0 Å². The fourth-order valence-electron chi connectivity index (χ4n) is 4.75. The van der Waals surface area contributed by atoms with Crippen molar-refractivity contribution in [1.82, 2.24) is 14.5 Å². The molecule has 0 amide bonds. The van der Waals surface area contributed by atoms with Gasteiger partial charge in [0.05, 0.1) is 60.9 Å². The number of fused-ring (bicyclic) bond motifs is 2. The molecule has 2 aromatic carbocycles. The quantitative estimate of drug-likeness (QED) is 0.243. The third-order valence-electron chi connectivity index (χ3n) is 6.70. The SMILES string of the molecule is Cc1ncccc1Nc1cc2nc3cc(F)ccc3n(-c3ccc(Cl)c(Cl)c3)c-2c/c1=N\C1CCOCC1. The Hall–Kier alpha value is -3.52. The van der Waals surface area contributed by atoms with Crippen molar-refractivity contribution in [2.45, 2.75) is 25.8 Å². The maximum Gasteiger partial charge on any atom is 0.125 e. The molecule has 0 spiro atoms. The van der Waals surface area contributed by atoms with Gasteiger partial charge in [-0.15, -0.1) is 0 Å². The smallest absolute Gasteiger partial charge is 0.125 e. The third kappa shape index (κ3) is 4.85. The summed E-state index contributed by atoms with van der Waals surface area (Å²) in [5.74, 6) is -0.361. The van der Waals surface area contributed by atoms with E-state index < -0.39 is 0 Å². The second-order valence-corrected chi connectivity index (χ2v) is 10.1. The second kappa shape index (κ2) is 10.3. The van der Waals surface area contributed by atoms with Crippen molar-refractivity contribution in [2.24, 2.45) is 4.99 Å².